The van der Waals surface area contributed by atoms with Crippen LogP contribution in [0, 0.1) is 0 Å². The molecular formula is C22H24N6O2. The molecule has 8 heteroatoms. The molecule has 8 nitrogen and oxygen atoms in total. The van der Waals surface area contributed by atoms with Gasteiger partial charge in [-0.25, -0.2) is 15.0 Å². The molecule has 0 aromatic carbocycles. The molecule has 3 aromatic rings. The molecule has 0 amide bonds. The number of fused-ring (bicyclic) bond motifs is 2. The van der Waals surface area contributed by atoms with Crippen LogP contribution in [0.3, 0.4) is 0 Å². The fourth-order valence-corrected chi connectivity index (χ4v) is 4.81. The van der Waals surface area contributed by atoms with Crippen molar-refractivity contribution in [2.24, 2.45) is 0 Å². The number of nitrogens with one attached hydrogen (secondary N) is 1. The second-order valence-corrected chi connectivity index (χ2v) is 8.87. The number of rotatable bonds is 4. The highest BCUT2D eigenvalue weighted by atomic mass is 16.5. The van der Waals surface area contributed by atoms with Gasteiger partial charge in [0.1, 0.15) is 29.6 Å². The van der Waals surface area contributed by atoms with E-state index in [-0.39, 0.29) is 22.9 Å². The molecule has 5 rings (SSSR count). The average Bonchev–Trinajstić information content (AvgIpc) is 2.96. The van der Waals surface area contributed by atoms with Gasteiger partial charge in [0.25, 0.3) is 0 Å². The standard InChI is InChI=1S/C22H24N6O2/c1-21-5-6-22(2,28-21)9-16(8-21)30-19-4-3-17(26-27-19)20-18(29)7-14(12-25-20)15-10-23-13-24-11-15/h3-4,7,10-13,16,28-29H,5-6,8-9H2,1-2H3. The third-order valence-corrected chi connectivity index (χ3v) is 6.12. The number of pyridine rings is 1. The highest BCUT2D eigenvalue weighted by molar-refractivity contribution is 5.69. The van der Waals surface area contributed by atoms with Gasteiger partial charge in [-0.2, -0.15) is 0 Å². The lowest BCUT2D eigenvalue weighted by molar-refractivity contribution is 0.0754. The van der Waals surface area contributed by atoms with E-state index in [0.717, 1.165) is 24.0 Å². The van der Waals surface area contributed by atoms with Crippen molar-refractivity contribution in [2.45, 2.75) is 56.7 Å². The summed E-state index contributed by atoms with van der Waals surface area (Å²) in [5, 5.41) is 22.7. The number of hydrogen-bond acceptors (Lipinski definition) is 8. The van der Waals surface area contributed by atoms with Gasteiger partial charge in [-0.05, 0) is 38.8 Å². The number of aromatic nitrogens is 5. The summed E-state index contributed by atoms with van der Waals surface area (Å²) < 4.78 is 6.15. The van der Waals surface area contributed by atoms with Crippen LogP contribution >= 0.6 is 0 Å². The fourth-order valence-electron chi connectivity index (χ4n) is 4.81. The number of ether oxygens (including phenoxy) is 1. The Labute approximate surface area is 174 Å². The molecule has 0 radical (unpaired) electrons. The van der Waals surface area contributed by atoms with E-state index in [9.17, 15) is 5.11 Å². The molecule has 2 unspecified atom stereocenters. The average molecular weight is 404 g/mol. The van der Waals surface area contributed by atoms with Crippen LogP contribution in [0.4, 0.5) is 0 Å². The van der Waals surface area contributed by atoms with Crippen LogP contribution < -0.4 is 10.1 Å². The first kappa shape index (κ1) is 18.9. The minimum Gasteiger partial charge on any atom is -0.506 e. The molecule has 5 heterocycles. The summed E-state index contributed by atoms with van der Waals surface area (Å²) in [6.07, 6.45) is 10.8. The molecule has 2 N–H and O–H groups in total. The Hall–Kier alpha value is -3.13. The second-order valence-electron chi connectivity index (χ2n) is 8.87. The first-order valence-corrected chi connectivity index (χ1v) is 10.2. The van der Waals surface area contributed by atoms with Crippen molar-refractivity contribution in [3.8, 4) is 34.1 Å². The molecule has 0 saturated carbocycles. The highest BCUT2D eigenvalue weighted by Crippen LogP contribution is 2.43. The van der Waals surface area contributed by atoms with Gasteiger partial charge in [0.15, 0.2) is 0 Å². The molecule has 2 saturated heterocycles. The molecule has 2 aliphatic heterocycles. The Morgan fingerprint density at radius 1 is 1.00 bits per heavy atom. The van der Waals surface area contributed by atoms with E-state index in [1.165, 1.54) is 19.2 Å². The van der Waals surface area contributed by atoms with E-state index >= 15 is 0 Å². The molecule has 2 atom stereocenters. The summed E-state index contributed by atoms with van der Waals surface area (Å²) in [6, 6.07) is 5.19. The number of nitrogens with zero attached hydrogens (tertiary/aromatic N) is 5. The second kappa shape index (κ2) is 6.98. The third kappa shape index (κ3) is 3.59. The zero-order valence-corrected chi connectivity index (χ0v) is 17.0. The summed E-state index contributed by atoms with van der Waals surface area (Å²) in [5.74, 6) is 0.518. The lowest BCUT2D eigenvalue weighted by atomic mass is 9.86. The lowest BCUT2D eigenvalue weighted by Gasteiger charge is -2.41. The number of aromatic hydroxyl groups is 1. The van der Waals surface area contributed by atoms with Crippen molar-refractivity contribution in [1.29, 1.82) is 0 Å². The van der Waals surface area contributed by atoms with E-state index in [1.807, 2.05) is 0 Å². The van der Waals surface area contributed by atoms with Gasteiger partial charge in [-0.3, -0.25) is 0 Å². The Balaban J connectivity index is 1.32. The summed E-state index contributed by atoms with van der Waals surface area (Å²) in [5.41, 5.74) is 2.63. The lowest BCUT2D eigenvalue weighted by Crippen LogP contribution is -2.56. The third-order valence-electron chi connectivity index (χ3n) is 6.12. The predicted octanol–water partition coefficient (Wildman–Crippen LogP) is 3.14. The van der Waals surface area contributed by atoms with Gasteiger partial charge in [-0.1, -0.05) is 0 Å². The van der Waals surface area contributed by atoms with Crippen molar-refractivity contribution < 1.29 is 9.84 Å². The van der Waals surface area contributed by atoms with E-state index in [2.05, 4.69) is 44.3 Å². The Morgan fingerprint density at radius 2 is 1.73 bits per heavy atom. The summed E-state index contributed by atoms with van der Waals surface area (Å²) in [7, 11) is 0. The van der Waals surface area contributed by atoms with Crippen LogP contribution in [0.2, 0.25) is 0 Å². The first-order chi connectivity index (χ1) is 14.4. The monoisotopic (exact) mass is 404 g/mol. The maximum absolute atomic E-state index is 10.4. The normalized spacial score (nSPS) is 27.7. The number of hydrogen-bond donors (Lipinski definition) is 2. The minimum atomic E-state index is 0.0232. The van der Waals surface area contributed by atoms with Gasteiger partial charge in [0, 0.05) is 59.7 Å². The van der Waals surface area contributed by atoms with Crippen LogP contribution in [-0.2, 0) is 0 Å². The Kier molecular flexibility index (Phi) is 4.39. The quantitative estimate of drug-likeness (QED) is 0.683. The fraction of sp³-hybridized carbons (Fsp3) is 0.409. The van der Waals surface area contributed by atoms with E-state index in [0.29, 0.717) is 17.3 Å². The summed E-state index contributed by atoms with van der Waals surface area (Å²) in [6.45, 7) is 4.53. The molecular weight excluding hydrogens is 380 g/mol. The smallest absolute Gasteiger partial charge is 0.233 e. The molecule has 2 bridgehead atoms. The zero-order valence-electron chi connectivity index (χ0n) is 17.0. The molecule has 3 aromatic heterocycles. The zero-order chi connectivity index (χ0) is 20.8. The van der Waals surface area contributed by atoms with Crippen LogP contribution in [0.15, 0.2) is 43.1 Å². The van der Waals surface area contributed by atoms with Crippen molar-refractivity contribution in [2.75, 3.05) is 0 Å². The van der Waals surface area contributed by atoms with Crippen LogP contribution in [0.25, 0.3) is 22.5 Å². The molecule has 0 aliphatic carbocycles. The number of piperidine rings is 1. The molecule has 2 fully saturated rings. The van der Waals surface area contributed by atoms with Crippen molar-refractivity contribution >= 4 is 0 Å². The van der Waals surface area contributed by atoms with Crippen LogP contribution in [-0.4, -0.2) is 47.4 Å². The topological polar surface area (TPSA) is 106 Å². The van der Waals surface area contributed by atoms with Crippen molar-refractivity contribution in [3.63, 3.8) is 0 Å². The van der Waals surface area contributed by atoms with Crippen molar-refractivity contribution in [3.05, 3.63) is 43.1 Å². The van der Waals surface area contributed by atoms with Gasteiger partial charge < -0.3 is 15.2 Å². The van der Waals surface area contributed by atoms with Crippen LogP contribution in [0.1, 0.15) is 39.5 Å². The highest BCUT2D eigenvalue weighted by Gasteiger charge is 2.49. The molecule has 0 spiro atoms. The maximum atomic E-state index is 10.4. The van der Waals surface area contributed by atoms with Gasteiger partial charge in [0.2, 0.25) is 5.88 Å². The SMILES string of the molecule is CC12CCC(C)(CC(Oc3ccc(-c4ncc(-c5cncnc5)cc4O)nn3)C1)N2. The maximum Gasteiger partial charge on any atom is 0.233 e. The minimum absolute atomic E-state index is 0.0232. The Morgan fingerprint density at radius 3 is 2.37 bits per heavy atom. The van der Waals surface area contributed by atoms with Crippen molar-refractivity contribution in [1.82, 2.24) is 30.5 Å². The van der Waals surface area contributed by atoms with E-state index in [1.54, 1.807) is 36.8 Å². The molecule has 30 heavy (non-hydrogen) atoms. The predicted molar refractivity (Wildman–Crippen MR) is 111 cm³/mol. The van der Waals surface area contributed by atoms with E-state index < -0.39 is 0 Å². The molecule has 154 valence electrons. The first-order valence-electron chi connectivity index (χ1n) is 10.2. The van der Waals surface area contributed by atoms with Gasteiger partial charge in [-0.15, -0.1) is 10.2 Å². The summed E-state index contributed by atoms with van der Waals surface area (Å²) >= 11 is 0. The largest absolute Gasteiger partial charge is 0.506 e. The molecule has 2 aliphatic rings. The van der Waals surface area contributed by atoms with Crippen LogP contribution in [0.5, 0.6) is 11.6 Å². The Bertz CT molecular complexity index is 1040. The summed E-state index contributed by atoms with van der Waals surface area (Å²) in [4.78, 5) is 12.3. The van der Waals surface area contributed by atoms with Gasteiger partial charge >= 0.3 is 0 Å². The van der Waals surface area contributed by atoms with E-state index in [4.69, 9.17) is 4.74 Å². The van der Waals surface area contributed by atoms with Gasteiger partial charge in [0.05, 0.1) is 0 Å².